The average Bonchev–Trinajstić information content (AvgIpc) is 2.07. The molecule has 1 nitrogen and oxygen atoms in total. The highest BCUT2D eigenvalue weighted by atomic mass is 14.9. The van der Waals surface area contributed by atoms with Crippen LogP contribution in [0.1, 0.15) is 67.7 Å². The molecule has 0 aromatic carbocycles. The van der Waals surface area contributed by atoms with Crippen molar-refractivity contribution in [1.82, 2.24) is 5.32 Å². The first kappa shape index (κ1) is 16.0. The van der Waals surface area contributed by atoms with E-state index in [1.807, 2.05) is 0 Å². The van der Waals surface area contributed by atoms with Crippen molar-refractivity contribution in [2.24, 2.45) is 17.8 Å². The Kier molecular flexibility index (Phi) is 7.30. The molecule has 0 fully saturated rings. The molecule has 1 atom stereocenters. The van der Waals surface area contributed by atoms with Gasteiger partial charge in [0.15, 0.2) is 0 Å². The third-order valence-corrected chi connectivity index (χ3v) is 3.19. The van der Waals surface area contributed by atoms with E-state index in [2.05, 4.69) is 53.8 Å². The van der Waals surface area contributed by atoms with Crippen LogP contribution in [0.4, 0.5) is 0 Å². The van der Waals surface area contributed by atoms with Crippen LogP contribution < -0.4 is 5.32 Å². The second-order valence-corrected chi connectivity index (χ2v) is 6.96. The van der Waals surface area contributed by atoms with Crippen molar-refractivity contribution in [3.8, 4) is 0 Å². The lowest BCUT2D eigenvalue weighted by atomic mass is 9.88. The zero-order valence-corrected chi connectivity index (χ0v) is 12.6. The molecule has 0 aliphatic heterocycles. The molecule has 0 amide bonds. The molecule has 1 heteroatoms. The first-order valence-corrected chi connectivity index (χ1v) is 6.97. The predicted molar refractivity (Wildman–Crippen MR) is 74.8 cm³/mol. The van der Waals surface area contributed by atoms with Gasteiger partial charge in [-0.05, 0) is 51.5 Å². The topological polar surface area (TPSA) is 12.0 Å². The van der Waals surface area contributed by atoms with Crippen molar-refractivity contribution in [2.45, 2.75) is 73.3 Å². The fourth-order valence-electron chi connectivity index (χ4n) is 1.90. The molecule has 1 unspecified atom stereocenters. The quantitative estimate of drug-likeness (QED) is 0.676. The van der Waals surface area contributed by atoms with Crippen LogP contribution in [0.2, 0.25) is 0 Å². The van der Waals surface area contributed by atoms with Crippen LogP contribution in [-0.4, -0.2) is 12.1 Å². The molecule has 0 aliphatic rings. The zero-order chi connectivity index (χ0) is 12.8. The van der Waals surface area contributed by atoms with Gasteiger partial charge in [-0.3, -0.25) is 0 Å². The Morgan fingerprint density at radius 3 is 1.88 bits per heavy atom. The lowest BCUT2D eigenvalue weighted by Gasteiger charge is -2.27. The van der Waals surface area contributed by atoms with Crippen LogP contribution in [0.25, 0.3) is 0 Å². The minimum Gasteiger partial charge on any atom is -0.312 e. The molecule has 16 heavy (non-hydrogen) atoms. The van der Waals surface area contributed by atoms with Crippen molar-refractivity contribution >= 4 is 0 Å². The minimum atomic E-state index is 0.255. The normalized spacial score (nSPS) is 14.8. The van der Waals surface area contributed by atoms with Crippen LogP contribution >= 0.6 is 0 Å². The molecule has 0 saturated heterocycles. The molecule has 0 bridgehead atoms. The third-order valence-electron chi connectivity index (χ3n) is 3.19. The summed E-state index contributed by atoms with van der Waals surface area (Å²) < 4.78 is 0. The molecule has 0 spiro atoms. The van der Waals surface area contributed by atoms with Gasteiger partial charge in [0.1, 0.15) is 0 Å². The van der Waals surface area contributed by atoms with Gasteiger partial charge < -0.3 is 5.32 Å². The van der Waals surface area contributed by atoms with E-state index >= 15 is 0 Å². The van der Waals surface area contributed by atoms with E-state index in [9.17, 15) is 0 Å². The maximum Gasteiger partial charge on any atom is 0.00966 e. The van der Waals surface area contributed by atoms with Crippen LogP contribution in [0.15, 0.2) is 0 Å². The lowest BCUT2D eigenvalue weighted by molar-refractivity contribution is 0.288. The summed E-state index contributed by atoms with van der Waals surface area (Å²) in [5.74, 6) is 2.48. The Hall–Kier alpha value is -0.0400. The SMILES string of the molecule is CC(C)CCCC(CNC(C)(C)C)C(C)C. The second kappa shape index (κ2) is 7.32. The van der Waals surface area contributed by atoms with E-state index in [1.54, 1.807) is 0 Å². The fraction of sp³-hybridized carbons (Fsp3) is 1.00. The van der Waals surface area contributed by atoms with Gasteiger partial charge in [-0.15, -0.1) is 0 Å². The van der Waals surface area contributed by atoms with Gasteiger partial charge in [-0.2, -0.15) is 0 Å². The van der Waals surface area contributed by atoms with Gasteiger partial charge in [0, 0.05) is 5.54 Å². The van der Waals surface area contributed by atoms with E-state index in [4.69, 9.17) is 0 Å². The Morgan fingerprint density at radius 2 is 1.50 bits per heavy atom. The van der Waals surface area contributed by atoms with E-state index in [1.165, 1.54) is 25.8 Å². The largest absolute Gasteiger partial charge is 0.312 e. The smallest absolute Gasteiger partial charge is 0.00966 e. The number of hydrogen-bond donors (Lipinski definition) is 1. The van der Waals surface area contributed by atoms with Gasteiger partial charge in [0.2, 0.25) is 0 Å². The molecule has 0 aromatic heterocycles. The summed E-state index contributed by atoms with van der Waals surface area (Å²) in [5.41, 5.74) is 0.255. The van der Waals surface area contributed by atoms with Crippen LogP contribution in [-0.2, 0) is 0 Å². The van der Waals surface area contributed by atoms with Gasteiger partial charge in [0.05, 0.1) is 0 Å². The summed E-state index contributed by atoms with van der Waals surface area (Å²) in [7, 11) is 0. The predicted octanol–water partition coefficient (Wildman–Crippen LogP) is 4.47. The molecule has 0 aromatic rings. The monoisotopic (exact) mass is 227 g/mol. The van der Waals surface area contributed by atoms with E-state index in [-0.39, 0.29) is 5.54 Å². The molecule has 1 N–H and O–H groups in total. The molecule has 0 aliphatic carbocycles. The minimum absolute atomic E-state index is 0.255. The van der Waals surface area contributed by atoms with Crippen LogP contribution in [0, 0.1) is 17.8 Å². The molecule has 98 valence electrons. The lowest BCUT2D eigenvalue weighted by Crippen LogP contribution is -2.40. The highest BCUT2D eigenvalue weighted by Gasteiger charge is 2.16. The second-order valence-electron chi connectivity index (χ2n) is 6.96. The maximum absolute atomic E-state index is 3.64. The Balaban J connectivity index is 3.89. The number of nitrogens with one attached hydrogen (secondary N) is 1. The zero-order valence-electron chi connectivity index (χ0n) is 12.6. The molecular weight excluding hydrogens is 194 g/mol. The van der Waals surface area contributed by atoms with Crippen LogP contribution in [0.5, 0.6) is 0 Å². The van der Waals surface area contributed by atoms with E-state index < -0.39 is 0 Å². The van der Waals surface area contributed by atoms with Crippen molar-refractivity contribution in [1.29, 1.82) is 0 Å². The Bertz CT molecular complexity index is 165. The van der Waals surface area contributed by atoms with Gasteiger partial charge >= 0.3 is 0 Å². The summed E-state index contributed by atoms with van der Waals surface area (Å²) in [6, 6.07) is 0. The number of hydrogen-bond acceptors (Lipinski definition) is 1. The molecular formula is C15H33N. The first-order valence-electron chi connectivity index (χ1n) is 6.97. The summed E-state index contributed by atoms with van der Waals surface area (Å²) >= 11 is 0. The fourth-order valence-corrected chi connectivity index (χ4v) is 1.90. The average molecular weight is 227 g/mol. The van der Waals surface area contributed by atoms with E-state index in [0.717, 1.165) is 17.8 Å². The summed E-state index contributed by atoms with van der Waals surface area (Å²) in [5, 5.41) is 3.64. The maximum atomic E-state index is 3.64. The Morgan fingerprint density at radius 1 is 0.938 bits per heavy atom. The summed E-state index contributed by atoms with van der Waals surface area (Å²) in [4.78, 5) is 0. The van der Waals surface area contributed by atoms with Gasteiger partial charge in [-0.25, -0.2) is 0 Å². The van der Waals surface area contributed by atoms with Gasteiger partial charge in [-0.1, -0.05) is 40.5 Å². The van der Waals surface area contributed by atoms with Crippen molar-refractivity contribution < 1.29 is 0 Å². The highest BCUT2D eigenvalue weighted by molar-refractivity contribution is 4.74. The summed E-state index contributed by atoms with van der Waals surface area (Å²) in [6.45, 7) is 17.2. The van der Waals surface area contributed by atoms with E-state index in [0.29, 0.717) is 0 Å². The highest BCUT2D eigenvalue weighted by Crippen LogP contribution is 2.20. The third kappa shape index (κ3) is 9.21. The van der Waals surface area contributed by atoms with Crippen molar-refractivity contribution in [2.75, 3.05) is 6.54 Å². The van der Waals surface area contributed by atoms with Crippen molar-refractivity contribution in [3.05, 3.63) is 0 Å². The van der Waals surface area contributed by atoms with Crippen LogP contribution in [0.3, 0.4) is 0 Å². The van der Waals surface area contributed by atoms with Gasteiger partial charge in [0.25, 0.3) is 0 Å². The molecule has 0 saturated carbocycles. The molecule has 0 radical (unpaired) electrons. The summed E-state index contributed by atoms with van der Waals surface area (Å²) in [6.07, 6.45) is 4.13. The van der Waals surface area contributed by atoms with Crippen molar-refractivity contribution in [3.63, 3.8) is 0 Å². The first-order chi connectivity index (χ1) is 7.22. The Labute approximate surface area is 103 Å². The molecule has 0 rings (SSSR count). The molecule has 0 heterocycles. The standard InChI is InChI=1S/C15H33N/c1-12(2)9-8-10-14(13(3)4)11-16-15(5,6)7/h12-14,16H,8-11H2,1-7H3. The number of rotatable bonds is 7.